The zero-order chi connectivity index (χ0) is 12.3. The van der Waals surface area contributed by atoms with Gasteiger partial charge in [0.2, 0.25) is 0 Å². The SMILES string of the molecule is CC1COC(COc2ccc(F)cc2F)CN1. The van der Waals surface area contributed by atoms with Gasteiger partial charge in [0.25, 0.3) is 0 Å². The van der Waals surface area contributed by atoms with Gasteiger partial charge >= 0.3 is 0 Å². The summed E-state index contributed by atoms with van der Waals surface area (Å²) in [7, 11) is 0. The molecule has 1 aliphatic rings. The fourth-order valence-corrected chi connectivity index (χ4v) is 1.61. The molecule has 0 amide bonds. The molecule has 5 heteroatoms. The fourth-order valence-electron chi connectivity index (χ4n) is 1.61. The molecule has 0 bridgehead atoms. The number of ether oxygens (including phenoxy) is 2. The summed E-state index contributed by atoms with van der Waals surface area (Å²) in [6, 6.07) is 3.58. The van der Waals surface area contributed by atoms with Crippen LogP contribution in [0.2, 0.25) is 0 Å². The van der Waals surface area contributed by atoms with E-state index in [1.807, 2.05) is 6.92 Å². The average molecular weight is 243 g/mol. The van der Waals surface area contributed by atoms with E-state index in [0.717, 1.165) is 6.07 Å². The molecular weight excluding hydrogens is 228 g/mol. The topological polar surface area (TPSA) is 30.5 Å². The van der Waals surface area contributed by atoms with E-state index in [9.17, 15) is 8.78 Å². The third-order valence-electron chi connectivity index (χ3n) is 2.59. The summed E-state index contributed by atoms with van der Waals surface area (Å²) < 4.78 is 36.7. The maximum atomic E-state index is 13.2. The molecule has 0 saturated carbocycles. The smallest absolute Gasteiger partial charge is 0.167 e. The van der Waals surface area contributed by atoms with Gasteiger partial charge in [-0.25, -0.2) is 8.78 Å². The molecule has 3 nitrogen and oxygen atoms in total. The Morgan fingerprint density at radius 3 is 2.94 bits per heavy atom. The van der Waals surface area contributed by atoms with E-state index < -0.39 is 11.6 Å². The summed E-state index contributed by atoms with van der Waals surface area (Å²) in [6.45, 7) is 3.56. The van der Waals surface area contributed by atoms with Gasteiger partial charge in [0, 0.05) is 18.7 Å². The monoisotopic (exact) mass is 243 g/mol. The summed E-state index contributed by atoms with van der Waals surface area (Å²) in [5, 5.41) is 3.23. The van der Waals surface area contributed by atoms with Crippen LogP contribution in [0.15, 0.2) is 18.2 Å². The van der Waals surface area contributed by atoms with Crippen LogP contribution in [-0.4, -0.2) is 31.9 Å². The number of rotatable bonds is 3. The highest BCUT2D eigenvalue weighted by Gasteiger charge is 2.19. The van der Waals surface area contributed by atoms with Gasteiger partial charge in [-0.3, -0.25) is 0 Å². The van der Waals surface area contributed by atoms with Crippen molar-refractivity contribution >= 4 is 0 Å². The molecule has 0 aliphatic carbocycles. The molecule has 0 radical (unpaired) electrons. The van der Waals surface area contributed by atoms with Crippen LogP contribution in [0.5, 0.6) is 5.75 Å². The Balaban J connectivity index is 1.85. The van der Waals surface area contributed by atoms with E-state index in [-0.39, 0.29) is 18.5 Å². The van der Waals surface area contributed by atoms with E-state index in [1.165, 1.54) is 12.1 Å². The summed E-state index contributed by atoms with van der Waals surface area (Å²) in [5.74, 6) is -1.25. The summed E-state index contributed by atoms with van der Waals surface area (Å²) in [5.41, 5.74) is 0. The first-order valence-electron chi connectivity index (χ1n) is 5.58. The molecule has 2 atom stereocenters. The van der Waals surface area contributed by atoms with E-state index in [1.54, 1.807) is 0 Å². The maximum Gasteiger partial charge on any atom is 0.167 e. The summed E-state index contributed by atoms with van der Waals surface area (Å²) >= 11 is 0. The molecule has 1 heterocycles. The first-order valence-corrected chi connectivity index (χ1v) is 5.58. The molecule has 2 rings (SSSR count). The quantitative estimate of drug-likeness (QED) is 0.876. The lowest BCUT2D eigenvalue weighted by atomic mass is 10.2. The second-order valence-electron chi connectivity index (χ2n) is 4.15. The van der Waals surface area contributed by atoms with E-state index >= 15 is 0 Å². The Kier molecular flexibility index (Phi) is 3.91. The highest BCUT2D eigenvalue weighted by atomic mass is 19.1. The van der Waals surface area contributed by atoms with E-state index in [4.69, 9.17) is 9.47 Å². The molecule has 0 spiro atoms. The number of hydrogen-bond donors (Lipinski definition) is 1. The predicted molar refractivity (Wildman–Crippen MR) is 59.1 cm³/mol. The van der Waals surface area contributed by atoms with Gasteiger partial charge in [-0.1, -0.05) is 0 Å². The van der Waals surface area contributed by atoms with Crippen molar-refractivity contribution in [3.8, 4) is 5.75 Å². The van der Waals surface area contributed by atoms with Crippen molar-refractivity contribution in [1.29, 1.82) is 0 Å². The highest BCUT2D eigenvalue weighted by Crippen LogP contribution is 2.18. The van der Waals surface area contributed by atoms with E-state index in [0.29, 0.717) is 19.2 Å². The second-order valence-corrected chi connectivity index (χ2v) is 4.15. The molecule has 94 valence electrons. The summed E-state index contributed by atoms with van der Waals surface area (Å²) in [4.78, 5) is 0. The molecule has 1 aromatic carbocycles. The van der Waals surface area contributed by atoms with Gasteiger partial charge in [0.05, 0.1) is 6.61 Å². The lowest BCUT2D eigenvalue weighted by Crippen LogP contribution is -2.46. The Morgan fingerprint density at radius 2 is 2.29 bits per heavy atom. The molecule has 1 aliphatic heterocycles. The Morgan fingerprint density at radius 1 is 1.47 bits per heavy atom. The van der Waals surface area contributed by atoms with Crippen molar-refractivity contribution < 1.29 is 18.3 Å². The first kappa shape index (κ1) is 12.3. The normalized spacial score (nSPS) is 24.6. The van der Waals surface area contributed by atoms with Crippen molar-refractivity contribution in [1.82, 2.24) is 5.32 Å². The minimum absolute atomic E-state index is 0.0496. The molecule has 1 N–H and O–H groups in total. The van der Waals surface area contributed by atoms with Crippen LogP contribution < -0.4 is 10.1 Å². The van der Waals surface area contributed by atoms with Gasteiger partial charge in [-0.2, -0.15) is 0 Å². The fraction of sp³-hybridized carbons (Fsp3) is 0.500. The van der Waals surface area contributed by atoms with E-state index in [2.05, 4.69) is 5.32 Å². The maximum absolute atomic E-state index is 13.2. The van der Waals surface area contributed by atoms with Crippen molar-refractivity contribution in [2.75, 3.05) is 19.8 Å². The second kappa shape index (κ2) is 5.42. The molecule has 1 saturated heterocycles. The van der Waals surface area contributed by atoms with Crippen molar-refractivity contribution in [3.05, 3.63) is 29.8 Å². The third-order valence-corrected chi connectivity index (χ3v) is 2.59. The van der Waals surface area contributed by atoms with Crippen LogP contribution in [0, 0.1) is 11.6 Å². The van der Waals surface area contributed by atoms with Crippen LogP contribution in [0.1, 0.15) is 6.92 Å². The molecular formula is C12H15F2NO2. The van der Waals surface area contributed by atoms with Crippen LogP contribution in [0.4, 0.5) is 8.78 Å². The van der Waals surface area contributed by atoms with Gasteiger partial charge in [-0.15, -0.1) is 0 Å². The lowest BCUT2D eigenvalue weighted by Gasteiger charge is -2.28. The highest BCUT2D eigenvalue weighted by molar-refractivity contribution is 5.24. The van der Waals surface area contributed by atoms with Crippen molar-refractivity contribution in [2.45, 2.75) is 19.1 Å². The van der Waals surface area contributed by atoms with Gasteiger partial charge in [0.15, 0.2) is 11.6 Å². The van der Waals surface area contributed by atoms with Crippen LogP contribution >= 0.6 is 0 Å². The standard InChI is InChI=1S/C12H15F2NO2/c1-8-6-16-10(5-15-8)7-17-12-3-2-9(13)4-11(12)14/h2-4,8,10,15H,5-7H2,1H3. The average Bonchev–Trinajstić information content (AvgIpc) is 2.30. The van der Waals surface area contributed by atoms with Gasteiger partial charge in [-0.05, 0) is 19.1 Å². The zero-order valence-corrected chi connectivity index (χ0v) is 9.58. The predicted octanol–water partition coefficient (Wildman–Crippen LogP) is 1.72. The number of hydrogen-bond acceptors (Lipinski definition) is 3. The molecule has 1 fully saturated rings. The number of nitrogens with one attached hydrogen (secondary N) is 1. The van der Waals surface area contributed by atoms with Crippen LogP contribution in [0.25, 0.3) is 0 Å². The van der Waals surface area contributed by atoms with Crippen LogP contribution in [0.3, 0.4) is 0 Å². The number of halogens is 2. The largest absolute Gasteiger partial charge is 0.488 e. The Hall–Kier alpha value is -1.20. The van der Waals surface area contributed by atoms with Gasteiger partial charge in [0.1, 0.15) is 18.5 Å². The van der Waals surface area contributed by atoms with Gasteiger partial charge < -0.3 is 14.8 Å². The van der Waals surface area contributed by atoms with Crippen molar-refractivity contribution in [2.24, 2.45) is 0 Å². The Bertz CT molecular complexity index is 379. The summed E-state index contributed by atoms with van der Waals surface area (Å²) in [6.07, 6.45) is -0.101. The molecule has 17 heavy (non-hydrogen) atoms. The zero-order valence-electron chi connectivity index (χ0n) is 9.58. The van der Waals surface area contributed by atoms with Crippen molar-refractivity contribution in [3.63, 3.8) is 0 Å². The van der Waals surface area contributed by atoms with Crippen LogP contribution in [-0.2, 0) is 4.74 Å². The number of benzene rings is 1. The molecule has 2 unspecified atom stereocenters. The minimum Gasteiger partial charge on any atom is -0.488 e. The third kappa shape index (κ3) is 3.38. The first-order chi connectivity index (χ1) is 8.15. The molecule has 1 aromatic rings. The Labute approximate surface area is 98.7 Å². The number of morpholine rings is 1. The molecule has 0 aromatic heterocycles. The lowest BCUT2D eigenvalue weighted by molar-refractivity contribution is -0.0171. The minimum atomic E-state index is -0.692.